The number of rotatable bonds is 20. The fourth-order valence-electron chi connectivity index (χ4n) is 10.3. The fourth-order valence-corrected chi connectivity index (χ4v) is 10.3. The number of amides is 10. The zero-order chi connectivity index (χ0) is 58.2. The zero-order valence-electron chi connectivity index (χ0n) is 47.9. The molecular weight excluding hydrogens is 1000 g/mol. The molecule has 16 N–H and O–H groups in total. The van der Waals surface area contributed by atoms with Gasteiger partial charge >= 0.3 is 0 Å². The van der Waals surface area contributed by atoms with Crippen molar-refractivity contribution in [2.75, 3.05) is 39.3 Å². The Labute approximate surface area is 462 Å². The van der Waals surface area contributed by atoms with Crippen molar-refractivity contribution < 1.29 is 47.9 Å². The van der Waals surface area contributed by atoms with E-state index in [9.17, 15) is 47.9 Å². The Morgan fingerprint density at radius 2 is 0.667 bits per heavy atom. The molecule has 3 rings (SSSR count). The molecule has 10 amide bonds. The number of nitrogens with one attached hydrogen (secondary N) is 8. The highest BCUT2D eigenvalue weighted by Gasteiger charge is 2.43. The SMILES string of the molecule is CC(C)C[C@@H]1NC(=O)[C@H](CCCN)NC(=O)[C@H](C(C)C)NC(=O)[C@@H]2CCCN2C(=O)[C@@H](CCCCN)NC(=O)[C@H](CC(C)C)NC(=O)[C@@H](CCCN)NC(=O)[C@H](C(C)C)NC(=O)[C@@H]2CCCN2C(=O)[C@@H](CCCCN)NC1=O. The van der Waals surface area contributed by atoms with Gasteiger partial charge in [-0.2, -0.15) is 0 Å². The van der Waals surface area contributed by atoms with Crippen LogP contribution in [0.5, 0.6) is 0 Å². The quantitative estimate of drug-likeness (QED) is 0.0652. The first-order valence-electron chi connectivity index (χ1n) is 28.8. The van der Waals surface area contributed by atoms with Crippen LogP contribution in [0.25, 0.3) is 0 Å². The third-order valence-electron chi connectivity index (χ3n) is 14.6. The Balaban J connectivity index is 2.19. The number of fused-ring (bicyclic) bond motifs is 2. The van der Waals surface area contributed by atoms with Crippen LogP contribution in [0.4, 0.5) is 0 Å². The average Bonchev–Trinajstić information content (AvgIpc) is 4.10. The maximum atomic E-state index is 14.6. The summed E-state index contributed by atoms with van der Waals surface area (Å²) in [5.41, 5.74) is 23.5. The molecule has 10 atom stereocenters. The predicted molar refractivity (Wildman–Crippen MR) is 296 cm³/mol. The Hall–Kier alpha value is -5.46. The van der Waals surface area contributed by atoms with Gasteiger partial charge in [0.2, 0.25) is 59.1 Å². The van der Waals surface area contributed by atoms with Gasteiger partial charge in [-0.15, -0.1) is 0 Å². The van der Waals surface area contributed by atoms with Gasteiger partial charge in [-0.1, -0.05) is 55.4 Å². The molecule has 0 saturated carbocycles. The van der Waals surface area contributed by atoms with E-state index in [0.29, 0.717) is 64.5 Å². The van der Waals surface area contributed by atoms with Gasteiger partial charge in [0.15, 0.2) is 0 Å². The minimum absolute atomic E-state index is 0.0829. The summed E-state index contributed by atoms with van der Waals surface area (Å²) in [5.74, 6) is -7.58. The molecule has 0 aliphatic carbocycles. The van der Waals surface area contributed by atoms with Gasteiger partial charge in [-0.05, 0) is 153 Å². The molecule has 0 aromatic rings. The van der Waals surface area contributed by atoms with Crippen LogP contribution in [-0.4, -0.2) is 169 Å². The van der Waals surface area contributed by atoms with E-state index in [4.69, 9.17) is 22.9 Å². The topological polar surface area (TPSA) is 377 Å². The molecule has 0 radical (unpaired) electrons. The smallest absolute Gasteiger partial charge is 0.245 e. The van der Waals surface area contributed by atoms with Crippen molar-refractivity contribution in [3.63, 3.8) is 0 Å². The second-order valence-corrected chi connectivity index (χ2v) is 22.9. The number of nitrogens with zero attached hydrogens (tertiary/aromatic N) is 2. The van der Waals surface area contributed by atoms with Gasteiger partial charge in [-0.25, -0.2) is 0 Å². The van der Waals surface area contributed by atoms with E-state index in [2.05, 4.69) is 42.5 Å². The third kappa shape index (κ3) is 20.6. The summed E-state index contributed by atoms with van der Waals surface area (Å²) in [6.07, 6.45) is 4.79. The van der Waals surface area contributed by atoms with Crippen LogP contribution in [0.3, 0.4) is 0 Å². The third-order valence-corrected chi connectivity index (χ3v) is 14.6. The van der Waals surface area contributed by atoms with Gasteiger partial charge in [0, 0.05) is 13.1 Å². The van der Waals surface area contributed by atoms with Crippen molar-refractivity contribution in [3.8, 4) is 0 Å². The molecule has 78 heavy (non-hydrogen) atoms. The molecule has 0 aromatic heterocycles. The monoisotopic (exact) mass is 1100 g/mol. The summed E-state index contributed by atoms with van der Waals surface area (Å²) in [7, 11) is 0. The van der Waals surface area contributed by atoms with Crippen LogP contribution in [0.1, 0.15) is 158 Å². The molecule has 0 unspecified atom stereocenters. The van der Waals surface area contributed by atoms with Gasteiger partial charge < -0.3 is 75.3 Å². The maximum Gasteiger partial charge on any atom is 0.245 e. The van der Waals surface area contributed by atoms with Crippen molar-refractivity contribution in [2.45, 2.75) is 219 Å². The number of hydrogen-bond donors (Lipinski definition) is 12. The molecule has 3 heterocycles. The first-order chi connectivity index (χ1) is 37.0. The Morgan fingerprint density at radius 1 is 0.372 bits per heavy atom. The van der Waals surface area contributed by atoms with Crippen LogP contribution in [0, 0.1) is 23.7 Å². The fraction of sp³-hybridized carbons (Fsp3) is 0.815. The van der Waals surface area contributed by atoms with E-state index < -0.39 is 131 Å². The molecule has 3 saturated heterocycles. The number of nitrogens with two attached hydrogens (primary N) is 4. The molecule has 0 aromatic carbocycles. The van der Waals surface area contributed by atoms with E-state index in [1.807, 2.05) is 27.7 Å². The predicted octanol–water partition coefficient (Wildman–Crippen LogP) is -1.000. The van der Waals surface area contributed by atoms with Crippen LogP contribution in [-0.2, 0) is 47.9 Å². The highest BCUT2D eigenvalue weighted by molar-refractivity contribution is 6.00. The first kappa shape index (κ1) is 66.8. The average molecular weight is 1100 g/mol. The van der Waals surface area contributed by atoms with Crippen molar-refractivity contribution in [3.05, 3.63) is 0 Å². The number of carbonyl (C=O) groups excluding carboxylic acids is 10. The zero-order valence-corrected chi connectivity index (χ0v) is 47.9. The van der Waals surface area contributed by atoms with Crippen molar-refractivity contribution in [1.82, 2.24) is 52.3 Å². The van der Waals surface area contributed by atoms with E-state index in [1.54, 1.807) is 27.7 Å². The van der Waals surface area contributed by atoms with Gasteiger partial charge in [0.25, 0.3) is 0 Å². The van der Waals surface area contributed by atoms with Crippen LogP contribution in [0.2, 0.25) is 0 Å². The van der Waals surface area contributed by atoms with E-state index in [-0.39, 0.29) is 89.4 Å². The normalized spacial score (nSPS) is 27.4. The van der Waals surface area contributed by atoms with E-state index in [1.165, 1.54) is 9.80 Å². The highest BCUT2D eigenvalue weighted by atomic mass is 16.2. The minimum Gasteiger partial charge on any atom is -0.343 e. The molecule has 3 aliphatic heterocycles. The summed E-state index contributed by atoms with van der Waals surface area (Å²) in [6, 6.07) is -11.4. The van der Waals surface area contributed by atoms with Crippen LogP contribution >= 0.6 is 0 Å². The second-order valence-electron chi connectivity index (χ2n) is 22.9. The lowest BCUT2D eigenvalue weighted by Crippen LogP contribution is -2.62. The summed E-state index contributed by atoms with van der Waals surface area (Å²) in [5, 5.41) is 22.7. The molecule has 3 fully saturated rings. The number of carbonyl (C=O) groups is 10. The number of unbranched alkanes of at least 4 members (excludes halogenated alkanes) is 2. The van der Waals surface area contributed by atoms with Crippen molar-refractivity contribution in [1.29, 1.82) is 0 Å². The Bertz CT molecular complexity index is 1870. The molecular formula is C54H98N14O10. The summed E-state index contributed by atoms with van der Waals surface area (Å²) in [4.78, 5) is 147. The van der Waals surface area contributed by atoms with Crippen LogP contribution in [0.15, 0.2) is 0 Å². The maximum absolute atomic E-state index is 14.6. The molecule has 0 bridgehead atoms. The minimum atomic E-state index is -1.20. The lowest BCUT2D eigenvalue weighted by Gasteiger charge is -2.33. The van der Waals surface area contributed by atoms with Gasteiger partial charge in [0.05, 0.1) is 0 Å². The number of hydrogen-bond acceptors (Lipinski definition) is 14. The second kappa shape index (κ2) is 33.9. The van der Waals surface area contributed by atoms with Gasteiger partial charge in [0.1, 0.15) is 60.4 Å². The summed E-state index contributed by atoms with van der Waals surface area (Å²) in [6.45, 7) is 15.7. The summed E-state index contributed by atoms with van der Waals surface area (Å²) >= 11 is 0. The largest absolute Gasteiger partial charge is 0.343 e. The van der Waals surface area contributed by atoms with E-state index >= 15 is 0 Å². The van der Waals surface area contributed by atoms with Crippen LogP contribution < -0.4 is 65.5 Å². The van der Waals surface area contributed by atoms with Crippen molar-refractivity contribution >= 4 is 59.1 Å². The lowest BCUT2D eigenvalue weighted by atomic mass is 9.99. The Kier molecular flexibility index (Phi) is 29.0. The lowest BCUT2D eigenvalue weighted by molar-refractivity contribution is -0.143. The van der Waals surface area contributed by atoms with Crippen molar-refractivity contribution in [2.24, 2.45) is 46.6 Å². The first-order valence-corrected chi connectivity index (χ1v) is 28.8. The van der Waals surface area contributed by atoms with Gasteiger partial charge in [-0.3, -0.25) is 47.9 Å². The Morgan fingerprint density at radius 3 is 0.974 bits per heavy atom. The molecule has 3 aliphatic rings. The standard InChI is InChI=1S/C54H98N14O10/c1-31(2)29-39-47(71)61-37(17-9-11-23-55)53(77)67-27-15-21-41(67)49(73)66-44(34(7)8)52(76)60-36(20-14-26-58)46(70)64-40(30-32(3)4)48(72)62-38(18-10-12-24-56)54(78)68-28-16-22-42(68)50(74)65-43(33(5)6)51(75)59-35(19-13-25-57)45(69)63-39/h31-44H,9-30,55-58H2,1-8H3,(H,59,75)(H,60,76)(H,61,71)(H,62,72)(H,63,69)(H,64,70)(H,65,74)(H,66,73)/t35-,36+,37-,38-,39+,40+,41+,42+,43+,44+/m1/s1. The molecule has 24 heteroatoms. The molecule has 444 valence electrons. The summed E-state index contributed by atoms with van der Waals surface area (Å²) < 4.78 is 0. The highest BCUT2D eigenvalue weighted by Crippen LogP contribution is 2.23. The molecule has 0 spiro atoms. The van der Waals surface area contributed by atoms with E-state index in [0.717, 1.165) is 0 Å². The molecule has 24 nitrogen and oxygen atoms in total.